The van der Waals surface area contributed by atoms with Gasteiger partial charge in [0, 0.05) is 18.4 Å². The lowest BCUT2D eigenvalue weighted by atomic mass is 10.1. The van der Waals surface area contributed by atoms with Gasteiger partial charge in [-0.2, -0.15) is 0 Å². The molecule has 0 spiro atoms. The Morgan fingerprint density at radius 1 is 0.743 bits per heavy atom. The first-order chi connectivity index (χ1) is 17.1. The molecule has 5 rings (SSSR count). The molecular formula is C29H23N2O3P. The second-order valence-electron chi connectivity index (χ2n) is 8.09. The normalized spacial score (nSPS) is 14.0. The van der Waals surface area contributed by atoms with Crippen LogP contribution in [0.2, 0.25) is 0 Å². The van der Waals surface area contributed by atoms with Crippen LogP contribution in [-0.2, 0) is 14.4 Å². The summed E-state index contributed by atoms with van der Waals surface area (Å²) in [5, 5.41) is 7.08. The molecule has 0 aromatic heterocycles. The molecule has 0 unspecified atom stereocenters. The van der Waals surface area contributed by atoms with Gasteiger partial charge in [0.25, 0.3) is 5.91 Å². The maximum absolute atomic E-state index is 13.4. The highest BCUT2D eigenvalue weighted by atomic mass is 31.2. The minimum Gasteiger partial charge on any atom is -0.313 e. The number of anilines is 1. The summed E-state index contributed by atoms with van der Waals surface area (Å²) in [6.07, 6.45) is 0. The zero-order valence-electron chi connectivity index (χ0n) is 19.1. The summed E-state index contributed by atoms with van der Waals surface area (Å²) in [5.74, 6) is 0.725. The monoisotopic (exact) mass is 478 g/mol. The Hall–Kier alpha value is -4.21. The maximum Gasteiger partial charge on any atom is 0.359 e. The van der Waals surface area contributed by atoms with Gasteiger partial charge >= 0.3 is 5.97 Å². The minimum atomic E-state index is -2.53. The Balaban J connectivity index is 1.65. The van der Waals surface area contributed by atoms with Gasteiger partial charge in [-0.3, -0.25) is 4.79 Å². The molecule has 4 aromatic carbocycles. The number of hydrogen-bond acceptors (Lipinski definition) is 4. The van der Waals surface area contributed by atoms with Crippen molar-refractivity contribution in [2.45, 2.75) is 0 Å². The van der Waals surface area contributed by atoms with Crippen LogP contribution in [0.15, 0.2) is 120 Å². The summed E-state index contributed by atoms with van der Waals surface area (Å²) in [7, 11) is 1.67. The van der Waals surface area contributed by atoms with Crippen LogP contribution in [0.4, 0.5) is 5.69 Å². The third-order valence-corrected chi connectivity index (χ3v) is 9.98. The zero-order chi connectivity index (χ0) is 24.3. The Morgan fingerprint density at radius 2 is 1.20 bits per heavy atom. The van der Waals surface area contributed by atoms with Crippen molar-refractivity contribution < 1.29 is 14.4 Å². The summed E-state index contributed by atoms with van der Waals surface area (Å²) in [6.45, 7) is -2.53. The van der Waals surface area contributed by atoms with E-state index in [4.69, 9.17) is 4.84 Å². The number of fused-ring (bicyclic) bond motifs is 1. The highest BCUT2D eigenvalue weighted by molar-refractivity contribution is 7.95. The van der Waals surface area contributed by atoms with Crippen LogP contribution in [0.25, 0.3) is 0 Å². The summed E-state index contributed by atoms with van der Waals surface area (Å²) < 4.78 is 0. The van der Waals surface area contributed by atoms with Gasteiger partial charge in [-0.15, -0.1) is 0 Å². The molecule has 0 saturated carbocycles. The lowest BCUT2D eigenvalue weighted by Crippen LogP contribution is -2.29. The third-order valence-electron chi connectivity index (χ3n) is 6.04. The molecule has 0 atom stereocenters. The van der Waals surface area contributed by atoms with Crippen molar-refractivity contribution in [3.05, 3.63) is 121 Å². The van der Waals surface area contributed by atoms with E-state index in [1.165, 1.54) is 4.90 Å². The van der Waals surface area contributed by atoms with E-state index in [9.17, 15) is 9.59 Å². The van der Waals surface area contributed by atoms with Gasteiger partial charge in [-0.1, -0.05) is 114 Å². The van der Waals surface area contributed by atoms with Gasteiger partial charge in [-0.05, 0) is 28.9 Å². The molecule has 5 nitrogen and oxygen atoms in total. The molecule has 35 heavy (non-hydrogen) atoms. The molecule has 0 N–H and O–H groups in total. The molecule has 0 radical (unpaired) electrons. The first kappa shape index (κ1) is 22.6. The number of hydrogen-bond donors (Lipinski definition) is 0. The molecule has 6 heteroatoms. The summed E-state index contributed by atoms with van der Waals surface area (Å²) in [5.41, 5.74) is 1.49. The number of carbonyl (C=O) groups excluding carboxylic acids is 2. The number of oxime groups is 1. The fourth-order valence-corrected chi connectivity index (χ4v) is 8.00. The first-order valence-corrected chi connectivity index (χ1v) is 13.0. The second kappa shape index (κ2) is 9.57. The molecule has 172 valence electrons. The number of benzene rings is 4. The lowest BCUT2D eigenvalue weighted by molar-refractivity contribution is -0.134. The minimum absolute atomic E-state index is 0.118. The van der Waals surface area contributed by atoms with Gasteiger partial charge in [0.05, 0.1) is 5.69 Å². The summed E-state index contributed by atoms with van der Waals surface area (Å²) in [4.78, 5) is 33.0. The smallest absolute Gasteiger partial charge is 0.313 e. The maximum atomic E-state index is 13.4. The molecule has 4 aromatic rings. The van der Waals surface area contributed by atoms with Crippen molar-refractivity contribution in [1.82, 2.24) is 0 Å². The molecule has 0 aliphatic carbocycles. The lowest BCUT2D eigenvalue weighted by Gasteiger charge is -2.27. The SMILES string of the molecule is CN1C(=O)C(=NOC(=O)C=P(c2ccccc2)(c2ccccc2)c2ccccc2)c2ccccc21. The largest absolute Gasteiger partial charge is 0.359 e. The summed E-state index contributed by atoms with van der Waals surface area (Å²) in [6, 6.07) is 37.2. The predicted octanol–water partition coefficient (Wildman–Crippen LogP) is 3.71. The molecule has 1 amide bonds. The molecule has 0 fully saturated rings. The number of nitrogens with zero attached hydrogens (tertiary/aromatic N) is 2. The van der Waals surface area contributed by atoms with Crippen LogP contribution in [0.1, 0.15) is 5.56 Å². The Labute approximate surface area is 204 Å². The third kappa shape index (κ3) is 4.11. The topological polar surface area (TPSA) is 59.0 Å². The highest BCUT2D eigenvalue weighted by Gasteiger charge is 2.32. The number of likely N-dealkylation sites (N-methyl/N-ethyl adjacent to an activating group) is 1. The quantitative estimate of drug-likeness (QED) is 0.250. The van der Waals surface area contributed by atoms with Gasteiger partial charge in [0.2, 0.25) is 0 Å². The van der Waals surface area contributed by atoms with Crippen molar-refractivity contribution in [1.29, 1.82) is 0 Å². The van der Waals surface area contributed by atoms with Gasteiger partial charge in [-0.25, -0.2) is 4.79 Å². The molecule has 0 bridgehead atoms. The fraction of sp³-hybridized carbons (Fsp3) is 0.0345. The molecule has 1 aliphatic heterocycles. The van der Waals surface area contributed by atoms with E-state index >= 15 is 0 Å². The molecule has 0 saturated heterocycles. The Kier molecular flexibility index (Phi) is 6.17. The van der Waals surface area contributed by atoms with Crippen molar-refractivity contribution in [2.75, 3.05) is 11.9 Å². The van der Waals surface area contributed by atoms with Crippen LogP contribution in [-0.4, -0.2) is 30.4 Å². The number of carbonyl (C=O) groups is 2. The van der Waals surface area contributed by atoms with Crippen LogP contribution >= 0.6 is 6.89 Å². The highest BCUT2D eigenvalue weighted by Crippen LogP contribution is 2.43. The van der Waals surface area contributed by atoms with Gasteiger partial charge in [0.15, 0.2) is 5.71 Å². The Bertz CT molecular complexity index is 1360. The van der Waals surface area contributed by atoms with Crippen molar-refractivity contribution in [3.8, 4) is 0 Å². The van der Waals surface area contributed by atoms with Gasteiger partial charge < -0.3 is 9.74 Å². The van der Waals surface area contributed by atoms with E-state index in [0.29, 0.717) is 5.56 Å². The molecule has 1 heterocycles. The summed E-state index contributed by atoms with van der Waals surface area (Å²) >= 11 is 0. The zero-order valence-corrected chi connectivity index (χ0v) is 20.0. The molecular weight excluding hydrogens is 455 g/mol. The number of amides is 1. The fourth-order valence-electron chi connectivity index (χ4n) is 4.37. The standard InChI is InChI=1S/C29H23N2O3P/c1-31-26-20-12-11-19-25(26)28(29(31)33)30-34-27(32)21-35(22-13-5-2-6-14-22,23-15-7-3-8-16-23)24-17-9-4-10-18-24/h2-21H,1H3. The first-order valence-electron chi connectivity index (χ1n) is 11.2. The van der Waals surface area contributed by atoms with E-state index in [1.807, 2.05) is 109 Å². The van der Waals surface area contributed by atoms with Crippen LogP contribution in [0.5, 0.6) is 0 Å². The number of para-hydroxylation sites is 1. The van der Waals surface area contributed by atoms with E-state index in [-0.39, 0.29) is 11.6 Å². The van der Waals surface area contributed by atoms with E-state index in [2.05, 4.69) is 5.16 Å². The predicted molar refractivity (Wildman–Crippen MR) is 144 cm³/mol. The Morgan fingerprint density at radius 3 is 1.71 bits per heavy atom. The molecule has 1 aliphatic rings. The van der Waals surface area contributed by atoms with E-state index in [1.54, 1.807) is 18.9 Å². The van der Waals surface area contributed by atoms with Crippen LogP contribution < -0.4 is 20.8 Å². The van der Waals surface area contributed by atoms with Crippen LogP contribution in [0.3, 0.4) is 0 Å². The second-order valence-corrected chi connectivity index (χ2v) is 11.3. The van der Waals surface area contributed by atoms with E-state index in [0.717, 1.165) is 21.6 Å². The van der Waals surface area contributed by atoms with Crippen molar-refractivity contribution in [3.63, 3.8) is 0 Å². The van der Waals surface area contributed by atoms with Crippen LogP contribution in [0, 0.1) is 0 Å². The van der Waals surface area contributed by atoms with Gasteiger partial charge in [0.1, 0.15) is 0 Å². The van der Waals surface area contributed by atoms with Crippen molar-refractivity contribution in [2.24, 2.45) is 5.16 Å². The van der Waals surface area contributed by atoms with Crippen molar-refractivity contribution >= 4 is 51.9 Å². The van der Waals surface area contributed by atoms with E-state index < -0.39 is 12.9 Å². The average molecular weight is 478 g/mol. The number of rotatable bonds is 5. The average Bonchev–Trinajstić information content (AvgIpc) is 3.17.